The van der Waals surface area contributed by atoms with Crippen LogP contribution >= 0.6 is 0 Å². The van der Waals surface area contributed by atoms with Crippen molar-refractivity contribution < 1.29 is 0 Å². The molecular formula is C14H26N4. The van der Waals surface area contributed by atoms with Crippen LogP contribution in [0.15, 0.2) is 30.0 Å². The summed E-state index contributed by atoms with van der Waals surface area (Å²) < 4.78 is 0. The van der Waals surface area contributed by atoms with Gasteiger partial charge in [0, 0.05) is 11.7 Å². The third-order valence-corrected chi connectivity index (χ3v) is 3.18. The van der Waals surface area contributed by atoms with E-state index in [4.69, 9.17) is 0 Å². The first-order valence-corrected chi connectivity index (χ1v) is 6.86. The first kappa shape index (κ1) is 14.6. The highest BCUT2D eigenvalue weighted by Gasteiger charge is 2.13. The molecule has 4 nitrogen and oxygen atoms in total. The van der Waals surface area contributed by atoms with Crippen molar-refractivity contribution in [3.05, 3.63) is 25.1 Å². The summed E-state index contributed by atoms with van der Waals surface area (Å²) in [6.45, 7) is 10.2. The fourth-order valence-electron chi connectivity index (χ4n) is 2.03. The average Bonchev–Trinajstić information content (AvgIpc) is 2.40. The molecule has 0 radical (unpaired) electrons. The summed E-state index contributed by atoms with van der Waals surface area (Å²) in [5.74, 6) is 0.799. The van der Waals surface area contributed by atoms with Crippen LogP contribution in [0, 0.1) is 0 Å². The molecule has 0 atom stereocenters. The lowest BCUT2D eigenvalue weighted by atomic mass is 9.96. The van der Waals surface area contributed by atoms with Gasteiger partial charge in [0.05, 0.1) is 0 Å². The summed E-state index contributed by atoms with van der Waals surface area (Å²) in [5, 5.41) is 9.66. The van der Waals surface area contributed by atoms with Crippen LogP contribution in [0.5, 0.6) is 0 Å². The Labute approximate surface area is 111 Å². The number of aliphatic imine (C=N–C) groups is 1. The van der Waals surface area contributed by atoms with E-state index in [0.29, 0.717) is 12.7 Å². The Morgan fingerprint density at radius 3 is 2.67 bits per heavy atom. The molecule has 0 spiro atoms. The van der Waals surface area contributed by atoms with Crippen LogP contribution in [0.2, 0.25) is 0 Å². The number of rotatable bonds is 6. The molecular weight excluding hydrogens is 224 g/mol. The second kappa shape index (κ2) is 8.61. The molecule has 4 heteroatoms. The first-order chi connectivity index (χ1) is 8.76. The Morgan fingerprint density at radius 2 is 2.06 bits per heavy atom. The Bertz CT molecular complexity index is 290. The van der Waals surface area contributed by atoms with Crippen molar-refractivity contribution in [2.24, 2.45) is 4.99 Å². The van der Waals surface area contributed by atoms with Crippen molar-refractivity contribution in [2.45, 2.75) is 51.5 Å². The van der Waals surface area contributed by atoms with Crippen LogP contribution in [0.4, 0.5) is 0 Å². The van der Waals surface area contributed by atoms with E-state index in [-0.39, 0.29) is 0 Å². The molecule has 102 valence electrons. The van der Waals surface area contributed by atoms with E-state index in [1.807, 2.05) is 0 Å². The first-order valence-electron chi connectivity index (χ1n) is 6.86. The Morgan fingerprint density at radius 1 is 1.33 bits per heavy atom. The van der Waals surface area contributed by atoms with Gasteiger partial charge in [-0.25, -0.2) is 4.99 Å². The summed E-state index contributed by atoms with van der Waals surface area (Å²) in [4.78, 5) is 4.45. The highest BCUT2D eigenvalue weighted by Crippen LogP contribution is 2.17. The van der Waals surface area contributed by atoms with E-state index < -0.39 is 0 Å². The van der Waals surface area contributed by atoms with Crippen LogP contribution in [0.25, 0.3) is 0 Å². The maximum absolute atomic E-state index is 4.45. The molecule has 0 aliphatic heterocycles. The zero-order chi connectivity index (χ0) is 13.2. The molecule has 1 aliphatic rings. The maximum Gasteiger partial charge on any atom is 0.197 e. The van der Waals surface area contributed by atoms with Gasteiger partial charge in [-0.2, -0.15) is 0 Å². The predicted molar refractivity (Wildman–Crippen MR) is 78.2 cm³/mol. The van der Waals surface area contributed by atoms with E-state index in [0.717, 1.165) is 18.1 Å². The highest BCUT2D eigenvalue weighted by molar-refractivity contribution is 5.80. The molecule has 0 heterocycles. The molecule has 1 fully saturated rings. The van der Waals surface area contributed by atoms with Gasteiger partial charge in [0.15, 0.2) is 5.96 Å². The average molecular weight is 250 g/mol. The monoisotopic (exact) mass is 250 g/mol. The molecule has 0 amide bonds. The maximum atomic E-state index is 4.45. The second-order valence-electron chi connectivity index (χ2n) is 4.63. The van der Waals surface area contributed by atoms with Gasteiger partial charge in [-0.05, 0) is 25.5 Å². The summed E-state index contributed by atoms with van der Waals surface area (Å²) in [6.07, 6.45) is 9.02. The molecule has 1 rings (SSSR count). The topological polar surface area (TPSA) is 48.5 Å². The van der Waals surface area contributed by atoms with Crippen molar-refractivity contribution in [1.82, 2.24) is 16.0 Å². The molecule has 0 saturated heterocycles. The lowest BCUT2D eigenvalue weighted by Crippen LogP contribution is -2.42. The van der Waals surface area contributed by atoms with Gasteiger partial charge in [-0.15, -0.1) is 0 Å². The summed E-state index contributed by atoms with van der Waals surface area (Å²) in [6, 6.07) is 0.541. The SMILES string of the molecule is C=CNC(=NCNC(=C)CC)NC1CCCCC1. The van der Waals surface area contributed by atoms with E-state index in [1.165, 1.54) is 32.1 Å². The smallest absolute Gasteiger partial charge is 0.197 e. The standard InChI is InChI=1S/C14H26N4/c1-4-12(3)16-11-17-14(15-5-2)18-13-9-7-6-8-10-13/h5,13,16H,2-4,6-11H2,1H3,(H2,15,17,18). The quantitative estimate of drug-likeness (QED) is 0.501. The Kier molecular flexibility index (Phi) is 6.99. The Balaban J connectivity index is 2.39. The van der Waals surface area contributed by atoms with E-state index in [2.05, 4.69) is 41.0 Å². The van der Waals surface area contributed by atoms with Crippen LogP contribution in [0.1, 0.15) is 45.4 Å². The fourth-order valence-corrected chi connectivity index (χ4v) is 2.03. The number of guanidine groups is 1. The van der Waals surface area contributed by atoms with E-state index in [9.17, 15) is 0 Å². The van der Waals surface area contributed by atoms with Gasteiger partial charge < -0.3 is 16.0 Å². The number of allylic oxidation sites excluding steroid dienone is 1. The normalized spacial score (nSPS) is 17.1. The van der Waals surface area contributed by atoms with Crippen molar-refractivity contribution in [2.75, 3.05) is 6.67 Å². The van der Waals surface area contributed by atoms with Gasteiger partial charge in [0.2, 0.25) is 0 Å². The van der Waals surface area contributed by atoms with Crippen molar-refractivity contribution >= 4 is 5.96 Å². The highest BCUT2D eigenvalue weighted by atomic mass is 15.2. The predicted octanol–water partition coefficient (Wildman–Crippen LogP) is 2.47. The zero-order valence-electron chi connectivity index (χ0n) is 11.5. The molecule has 1 saturated carbocycles. The van der Waals surface area contributed by atoms with Gasteiger partial charge in [0.25, 0.3) is 0 Å². The Hall–Kier alpha value is -1.45. The molecule has 0 aromatic carbocycles. The van der Waals surface area contributed by atoms with Gasteiger partial charge in [-0.3, -0.25) is 0 Å². The minimum atomic E-state index is 0.541. The third-order valence-electron chi connectivity index (χ3n) is 3.18. The van der Waals surface area contributed by atoms with Crippen LogP contribution < -0.4 is 16.0 Å². The molecule has 3 N–H and O–H groups in total. The zero-order valence-corrected chi connectivity index (χ0v) is 11.5. The number of nitrogens with one attached hydrogen (secondary N) is 3. The van der Waals surface area contributed by atoms with Crippen LogP contribution in [0.3, 0.4) is 0 Å². The van der Waals surface area contributed by atoms with Crippen molar-refractivity contribution in [3.63, 3.8) is 0 Å². The van der Waals surface area contributed by atoms with Gasteiger partial charge >= 0.3 is 0 Å². The molecule has 0 aromatic heterocycles. The summed E-state index contributed by atoms with van der Waals surface area (Å²) in [7, 11) is 0. The van der Waals surface area contributed by atoms with Gasteiger partial charge in [-0.1, -0.05) is 39.3 Å². The second-order valence-corrected chi connectivity index (χ2v) is 4.63. The van der Waals surface area contributed by atoms with Gasteiger partial charge in [0.1, 0.15) is 6.67 Å². The van der Waals surface area contributed by atoms with Crippen molar-refractivity contribution in [1.29, 1.82) is 0 Å². The lowest BCUT2D eigenvalue weighted by molar-refractivity contribution is 0.411. The molecule has 18 heavy (non-hydrogen) atoms. The molecule has 1 aliphatic carbocycles. The minimum Gasteiger partial charge on any atom is -0.370 e. The largest absolute Gasteiger partial charge is 0.370 e. The number of nitrogens with zero attached hydrogens (tertiary/aromatic N) is 1. The fraction of sp³-hybridized carbons (Fsp3) is 0.643. The van der Waals surface area contributed by atoms with E-state index >= 15 is 0 Å². The van der Waals surface area contributed by atoms with Crippen LogP contribution in [-0.4, -0.2) is 18.7 Å². The summed E-state index contributed by atoms with van der Waals surface area (Å²) >= 11 is 0. The lowest BCUT2D eigenvalue weighted by Gasteiger charge is -2.24. The number of hydrogen-bond acceptors (Lipinski definition) is 2. The van der Waals surface area contributed by atoms with Crippen LogP contribution in [-0.2, 0) is 0 Å². The molecule has 0 aromatic rings. The third kappa shape index (κ3) is 5.75. The summed E-state index contributed by atoms with van der Waals surface area (Å²) in [5.41, 5.74) is 1.01. The minimum absolute atomic E-state index is 0.541. The number of hydrogen-bond donors (Lipinski definition) is 3. The van der Waals surface area contributed by atoms with Crippen molar-refractivity contribution in [3.8, 4) is 0 Å². The van der Waals surface area contributed by atoms with E-state index in [1.54, 1.807) is 6.20 Å². The molecule has 0 unspecified atom stereocenters. The molecule has 0 bridgehead atoms.